The van der Waals surface area contributed by atoms with Crippen molar-refractivity contribution in [2.24, 2.45) is 0 Å². The van der Waals surface area contributed by atoms with Gasteiger partial charge in [-0.1, -0.05) is 53.7 Å². The first-order valence-electron chi connectivity index (χ1n) is 8.99. The number of methoxy groups -OCH3 is 1. The maximum Gasteiger partial charge on any atom is 0.413 e. The number of carbonyl (C=O) groups is 2. The number of benzene rings is 2. The fourth-order valence-corrected chi connectivity index (χ4v) is 3.63. The number of hydrogen-bond donors (Lipinski definition) is 1. The number of carbonyl (C=O) groups excluding carboxylic acids is 2. The van der Waals surface area contributed by atoms with Crippen LogP contribution in [0.25, 0.3) is 10.9 Å². The fraction of sp³-hybridized carbons (Fsp3) is 0.238. The van der Waals surface area contributed by atoms with Gasteiger partial charge in [0.25, 0.3) is 5.56 Å². The Morgan fingerprint density at radius 1 is 1.17 bits per heavy atom. The minimum atomic E-state index is -0.828. The Morgan fingerprint density at radius 3 is 2.55 bits per heavy atom. The molecule has 1 aromatic heterocycles. The van der Waals surface area contributed by atoms with Crippen LogP contribution in [0.2, 0.25) is 0 Å². The number of aryl methyl sites for hydroxylation is 1. The van der Waals surface area contributed by atoms with E-state index >= 15 is 0 Å². The van der Waals surface area contributed by atoms with Crippen LogP contribution in [0.5, 0.6) is 0 Å². The molecule has 3 rings (SSSR count). The van der Waals surface area contributed by atoms with E-state index < -0.39 is 17.3 Å². The van der Waals surface area contributed by atoms with E-state index in [1.807, 2.05) is 31.2 Å². The molecule has 3 aromatic rings. The predicted molar refractivity (Wildman–Crippen MR) is 112 cm³/mol. The summed E-state index contributed by atoms with van der Waals surface area (Å²) in [6.07, 6.45) is -0.828. The Hall–Kier alpha value is -3.13. The maximum absolute atomic E-state index is 13.1. The van der Waals surface area contributed by atoms with Crippen LogP contribution in [0.15, 0.2) is 58.5 Å². The van der Waals surface area contributed by atoms with Gasteiger partial charge >= 0.3 is 6.09 Å². The van der Waals surface area contributed by atoms with Gasteiger partial charge in [0, 0.05) is 0 Å². The summed E-state index contributed by atoms with van der Waals surface area (Å²) in [7, 11) is 1.19. The zero-order valence-corrected chi connectivity index (χ0v) is 17.2. The molecule has 7 nitrogen and oxygen atoms in total. The quantitative estimate of drug-likeness (QED) is 0.512. The van der Waals surface area contributed by atoms with Gasteiger partial charge in [-0.15, -0.1) is 0 Å². The van der Waals surface area contributed by atoms with Crippen molar-refractivity contribution in [2.45, 2.75) is 30.8 Å². The Bertz CT molecular complexity index is 1110. The van der Waals surface area contributed by atoms with Crippen molar-refractivity contribution < 1.29 is 14.3 Å². The molecule has 0 unspecified atom stereocenters. The van der Waals surface area contributed by atoms with Gasteiger partial charge in [-0.25, -0.2) is 9.78 Å². The fourth-order valence-electron chi connectivity index (χ4n) is 2.72. The summed E-state index contributed by atoms with van der Waals surface area (Å²) in [5.74, 6) is -0.522. The SMILES string of the molecule is COC(=O)NC(=O)[C@H](C)Sc1nc2ccccc2c(=O)n1Cc1ccc(C)cc1. The number of imide groups is 1. The number of alkyl carbamates (subject to hydrolysis) is 1. The van der Waals surface area contributed by atoms with Gasteiger partial charge in [-0.2, -0.15) is 0 Å². The minimum absolute atomic E-state index is 0.181. The molecule has 0 saturated carbocycles. The standard InChI is InChI=1S/C21H21N3O4S/c1-13-8-10-15(11-9-13)12-24-19(26)16-6-4-5-7-17(16)22-20(24)29-14(2)18(25)23-21(27)28-3/h4-11,14H,12H2,1-3H3,(H,23,25,27)/t14-/m0/s1. The van der Waals surface area contributed by atoms with Crippen LogP contribution in [0, 0.1) is 6.92 Å². The lowest BCUT2D eigenvalue weighted by atomic mass is 10.1. The van der Waals surface area contributed by atoms with E-state index in [4.69, 9.17) is 0 Å². The molecule has 29 heavy (non-hydrogen) atoms. The number of amides is 2. The topological polar surface area (TPSA) is 90.3 Å². The lowest BCUT2D eigenvalue weighted by Gasteiger charge is -2.16. The highest BCUT2D eigenvalue weighted by Gasteiger charge is 2.21. The normalized spacial score (nSPS) is 11.8. The second-order valence-corrected chi connectivity index (χ2v) is 7.84. The van der Waals surface area contributed by atoms with Gasteiger partial charge in [-0.3, -0.25) is 19.5 Å². The van der Waals surface area contributed by atoms with Crippen LogP contribution in [0.3, 0.4) is 0 Å². The molecular weight excluding hydrogens is 390 g/mol. The third-order valence-electron chi connectivity index (χ3n) is 4.35. The van der Waals surface area contributed by atoms with Crippen molar-refractivity contribution in [3.05, 3.63) is 70.0 Å². The minimum Gasteiger partial charge on any atom is -0.453 e. The van der Waals surface area contributed by atoms with Gasteiger partial charge < -0.3 is 4.74 Å². The molecule has 0 spiro atoms. The second kappa shape index (κ2) is 8.91. The molecule has 0 aliphatic heterocycles. The smallest absolute Gasteiger partial charge is 0.413 e. The average Bonchev–Trinajstić information content (AvgIpc) is 2.72. The number of nitrogens with zero attached hydrogens (tertiary/aromatic N) is 2. The zero-order valence-electron chi connectivity index (χ0n) is 16.3. The molecule has 0 aliphatic rings. The molecular formula is C21H21N3O4S. The molecule has 150 valence electrons. The van der Waals surface area contributed by atoms with Crippen LogP contribution >= 0.6 is 11.8 Å². The summed E-state index contributed by atoms with van der Waals surface area (Å²) in [4.78, 5) is 41.3. The summed E-state index contributed by atoms with van der Waals surface area (Å²) < 4.78 is 6.01. The number of thioether (sulfide) groups is 1. The molecule has 1 atom stereocenters. The number of rotatable bonds is 5. The summed E-state index contributed by atoms with van der Waals surface area (Å²) in [6, 6.07) is 15.0. The van der Waals surface area contributed by atoms with Crippen molar-refractivity contribution in [3.8, 4) is 0 Å². The lowest BCUT2D eigenvalue weighted by molar-refractivity contribution is -0.119. The highest BCUT2D eigenvalue weighted by Crippen LogP contribution is 2.23. The number of ether oxygens (including phenoxy) is 1. The summed E-state index contributed by atoms with van der Waals surface area (Å²) in [6.45, 7) is 3.96. The Labute approximate surface area is 172 Å². The van der Waals surface area contributed by atoms with Gasteiger partial charge in [0.15, 0.2) is 5.16 Å². The van der Waals surface area contributed by atoms with Crippen molar-refractivity contribution in [2.75, 3.05) is 7.11 Å². The molecule has 0 fully saturated rings. The molecule has 2 aromatic carbocycles. The van der Waals surface area contributed by atoms with Crippen molar-refractivity contribution in [1.82, 2.24) is 14.9 Å². The largest absolute Gasteiger partial charge is 0.453 e. The molecule has 0 bridgehead atoms. The Morgan fingerprint density at radius 2 is 1.86 bits per heavy atom. The van der Waals surface area contributed by atoms with Crippen LogP contribution in [0.1, 0.15) is 18.1 Å². The number of fused-ring (bicyclic) bond motifs is 1. The zero-order chi connectivity index (χ0) is 21.0. The Balaban J connectivity index is 1.99. The number of para-hydroxylation sites is 1. The van der Waals surface area contributed by atoms with E-state index in [-0.39, 0.29) is 5.56 Å². The second-order valence-electron chi connectivity index (χ2n) is 6.53. The average molecular weight is 411 g/mol. The van der Waals surface area contributed by atoms with Crippen molar-refractivity contribution >= 4 is 34.7 Å². The maximum atomic E-state index is 13.1. The molecule has 0 aliphatic carbocycles. The Kier molecular flexibility index (Phi) is 6.33. The molecule has 8 heteroatoms. The molecule has 0 saturated heterocycles. The monoisotopic (exact) mass is 411 g/mol. The van der Waals surface area contributed by atoms with Crippen molar-refractivity contribution in [3.63, 3.8) is 0 Å². The number of aromatic nitrogens is 2. The van der Waals surface area contributed by atoms with Gasteiger partial charge in [0.1, 0.15) is 0 Å². The van der Waals surface area contributed by atoms with E-state index in [1.165, 1.54) is 7.11 Å². The molecule has 1 N–H and O–H groups in total. The highest BCUT2D eigenvalue weighted by atomic mass is 32.2. The van der Waals surface area contributed by atoms with E-state index in [9.17, 15) is 14.4 Å². The van der Waals surface area contributed by atoms with Crippen LogP contribution in [-0.4, -0.2) is 33.9 Å². The third-order valence-corrected chi connectivity index (χ3v) is 5.44. The predicted octanol–water partition coefficient (Wildman–Crippen LogP) is 3.12. The van der Waals surface area contributed by atoms with Crippen LogP contribution < -0.4 is 10.9 Å². The van der Waals surface area contributed by atoms with Gasteiger partial charge in [0.2, 0.25) is 5.91 Å². The van der Waals surface area contributed by atoms with E-state index in [1.54, 1.807) is 35.8 Å². The molecule has 1 heterocycles. The first kappa shape index (κ1) is 20.6. The number of nitrogens with one attached hydrogen (secondary N) is 1. The lowest BCUT2D eigenvalue weighted by Crippen LogP contribution is -2.36. The first-order valence-corrected chi connectivity index (χ1v) is 9.87. The summed E-state index contributed by atoms with van der Waals surface area (Å²) >= 11 is 1.11. The molecule has 0 radical (unpaired) electrons. The van der Waals surface area contributed by atoms with E-state index in [2.05, 4.69) is 15.0 Å². The summed E-state index contributed by atoms with van der Waals surface area (Å²) in [5.41, 5.74) is 2.45. The first-order chi connectivity index (χ1) is 13.9. The number of hydrogen-bond acceptors (Lipinski definition) is 6. The molecule has 2 amide bonds. The van der Waals surface area contributed by atoms with Gasteiger partial charge in [0.05, 0.1) is 29.8 Å². The van der Waals surface area contributed by atoms with E-state index in [0.29, 0.717) is 22.6 Å². The van der Waals surface area contributed by atoms with Crippen molar-refractivity contribution in [1.29, 1.82) is 0 Å². The van der Waals surface area contributed by atoms with E-state index in [0.717, 1.165) is 22.9 Å². The summed E-state index contributed by atoms with van der Waals surface area (Å²) in [5, 5.41) is 2.39. The van der Waals surface area contributed by atoms with Crippen LogP contribution in [-0.2, 0) is 16.1 Å². The highest BCUT2D eigenvalue weighted by molar-refractivity contribution is 8.00. The van der Waals surface area contributed by atoms with Gasteiger partial charge in [-0.05, 0) is 31.5 Å². The third kappa shape index (κ3) is 4.83. The van der Waals surface area contributed by atoms with Crippen LogP contribution in [0.4, 0.5) is 4.79 Å².